The number of ether oxygens (including phenoxy) is 1. The highest BCUT2D eigenvalue weighted by Crippen LogP contribution is 2.17. The summed E-state index contributed by atoms with van der Waals surface area (Å²) in [6.45, 7) is 4.18. The Kier molecular flexibility index (Phi) is 4.89. The van der Waals surface area contributed by atoms with E-state index < -0.39 is 16.6 Å². The number of benzene rings is 1. The van der Waals surface area contributed by atoms with Crippen LogP contribution in [0.1, 0.15) is 13.8 Å². The van der Waals surface area contributed by atoms with Gasteiger partial charge in [0.25, 0.3) is 0 Å². The second-order valence-corrected chi connectivity index (χ2v) is 5.19. The second kappa shape index (κ2) is 5.96. The van der Waals surface area contributed by atoms with Crippen molar-refractivity contribution in [3.8, 4) is 0 Å². The minimum Gasteiger partial charge on any atom is -0.398 e. The summed E-state index contributed by atoms with van der Waals surface area (Å²) in [5.41, 5.74) is 5.97. The van der Waals surface area contributed by atoms with E-state index in [1.165, 1.54) is 18.2 Å². The summed E-state index contributed by atoms with van der Waals surface area (Å²) in [6.07, 6.45) is 0.0989. The van der Waals surface area contributed by atoms with Gasteiger partial charge in [0.2, 0.25) is 0 Å². The van der Waals surface area contributed by atoms with E-state index in [2.05, 4.69) is 0 Å². The van der Waals surface area contributed by atoms with Gasteiger partial charge in [-0.05, 0) is 32.0 Å². The van der Waals surface area contributed by atoms with Crippen LogP contribution in [0.2, 0.25) is 0 Å². The van der Waals surface area contributed by atoms with Crippen LogP contribution < -0.4 is 5.73 Å². The number of anilines is 1. The zero-order chi connectivity index (χ0) is 12.1. The molecule has 90 valence electrons. The van der Waals surface area contributed by atoms with E-state index in [1.54, 1.807) is 0 Å². The van der Waals surface area contributed by atoms with E-state index in [9.17, 15) is 8.60 Å². The average Bonchev–Trinajstić information content (AvgIpc) is 2.21. The molecule has 0 radical (unpaired) electrons. The van der Waals surface area contributed by atoms with Crippen LogP contribution in [0.4, 0.5) is 10.1 Å². The van der Waals surface area contributed by atoms with Crippen molar-refractivity contribution in [3.63, 3.8) is 0 Å². The molecule has 0 saturated heterocycles. The number of halogens is 1. The molecule has 0 aliphatic heterocycles. The fourth-order valence-corrected chi connectivity index (χ4v) is 2.22. The van der Waals surface area contributed by atoms with Crippen molar-refractivity contribution in [1.29, 1.82) is 0 Å². The molecule has 1 aromatic rings. The number of nitrogens with two attached hydrogens (primary N) is 1. The minimum atomic E-state index is -1.31. The monoisotopic (exact) mass is 245 g/mol. The Balaban J connectivity index is 2.62. The van der Waals surface area contributed by atoms with Crippen molar-refractivity contribution in [2.45, 2.75) is 24.8 Å². The van der Waals surface area contributed by atoms with Crippen LogP contribution in [-0.4, -0.2) is 22.7 Å². The van der Waals surface area contributed by atoms with Gasteiger partial charge in [0, 0.05) is 5.69 Å². The normalized spacial score (nSPS) is 13.0. The molecular weight excluding hydrogens is 229 g/mol. The Bertz CT molecular complexity index is 382. The minimum absolute atomic E-state index is 0.0989. The fourth-order valence-electron chi connectivity index (χ4n) is 1.17. The zero-order valence-electron chi connectivity index (χ0n) is 9.40. The molecule has 1 atom stereocenters. The molecule has 1 aromatic carbocycles. The molecule has 1 unspecified atom stereocenters. The number of rotatable bonds is 5. The molecule has 0 aliphatic rings. The Hall–Kier alpha value is -0.940. The molecule has 5 heteroatoms. The molecule has 0 heterocycles. The molecule has 16 heavy (non-hydrogen) atoms. The lowest BCUT2D eigenvalue weighted by atomic mass is 10.3. The molecule has 0 fully saturated rings. The van der Waals surface area contributed by atoms with Crippen LogP contribution in [0, 0.1) is 5.82 Å². The van der Waals surface area contributed by atoms with Gasteiger partial charge in [-0.15, -0.1) is 0 Å². The van der Waals surface area contributed by atoms with Crippen molar-refractivity contribution >= 4 is 16.5 Å². The van der Waals surface area contributed by atoms with Crippen LogP contribution >= 0.6 is 0 Å². The Morgan fingerprint density at radius 3 is 2.81 bits per heavy atom. The third-order valence-corrected chi connectivity index (χ3v) is 3.32. The first-order valence-corrected chi connectivity index (χ1v) is 6.37. The Morgan fingerprint density at radius 1 is 1.50 bits per heavy atom. The lowest BCUT2D eigenvalue weighted by Crippen LogP contribution is -2.12. The van der Waals surface area contributed by atoms with Crippen molar-refractivity contribution in [3.05, 3.63) is 24.0 Å². The quantitative estimate of drug-likeness (QED) is 0.807. The highest BCUT2D eigenvalue weighted by atomic mass is 32.2. The molecule has 0 bridgehead atoms. The third kappa shape index (κ3) is 3.90. The first-order valence-electron chi connectivity index (χ1n) is 5.05. The maximum Gasteiger partial charge on any atom is 0.124 e. The van der Waals surface area contributed by atoms with Gasteiger partial charge in [-0.2, -0.15) is 0 Å². The first-order chi connectivity index (χ1) is 7.50. The largest absolute Gasteiger partial charge is 0.398 e. The molecule has 0 saturated carbocycles. The summed E-state index contributed by atoms with van der Waals surface area (Å²) in [6, 6.07) is 3.88. The standard InChI is InChI=1S/C11H16FNO2S/c1-8(2)15-5-6-16(14)11-7-9(12)3-4-10(11)13/h3-4,7-8H,5-6,13H2,1-2H3. The summed E-state index contributed by atoms with van der Waals surface area (Å²) in [5.74, 6) is -0.103. The van der Waals surface area contributed by atoms with Gasteiger partial charge in [0.15, 0.2) is 0 Å². The maximum atomic E-state index is 12.9. The predicted octanol–water partition coefficient (Wildman–Crippen LogP) is 1.94. The van der Waals surface area contributed by atoms with E-state index in [4.69, 9.17) is 10.5 Å². The van der Waals surface area contributed by atoms with Crippen molar-refractivity contribution < 1.29 is 13.3 Å². The zero-order valence-corrected chi connectivity index (χ0v) is 10.2. The SMILES string of the molecule is CC(C)OCCS(=O)c1cc(F)ccc1N. The van der Waals surface area contributed by atoms with E-state index in [-0.39, 0.29) is 6.10 Å². The molecular formula is C11H16FNO2S. The molecule has 0 aliphatic carbocycles. The first kappa shape index (κ1) is 13.1. The van der Waals surface area contributed by atoms with Gasteiger partial charge in [0.1, 0.15) is 5.82 Å². The van der Waals surface area contributed by atoms with Gasteiger partial charge >= 0.3 is 0 Å². The van der Waals surface area contributed by atoms with E-state index in [0.29, 0.717) is 22.9 Å². The van der Waals surface area contributed by atoms with E-state index >= 15 is 0 Å². The summed E-state index contributed by atoms with van der Waals surface area (Å²) in [7, 11) is -1.31. The van der Waals surface area contributed by atoms with Gasteiger partial charge in [-0.3, -0.25) is 4.21 Å². The van der Waals surface area contributed by atoms with Crippen molar-refractivity contribution in [2.75, 3.05) is 18.1 Å². The van der Waals surface area contributed by atoms with Crippen molar-refractivity contribution in [2.24, 2.45) is 0 Å². The molecule has 1 rings (SSSR count). The maximum absolute atomic E-state index is 12.9. The molecule has 3 nitrogen and oxygen atoms in total. The second-order valence-electron chi connectivity index (χ2n) is 3.65. The summed E-state index contributed by atoms with van der Waals surface area (Å²) in [4.78, 5) is 0.340. The Morgan fingerprint density at radius 2 is 2.19 bits per heavy atom. The van der Waals surface area contributed by atoms with E-state index in [0.717, 1.165) is 0 Å². The highest BCUT2D eigenvalue weighted by molar-refractivity contribution is 7.85. The van der Waals surface area contributed by atoms with Crippen LogP contribution in [0.25, 0.3) is 0 Å². The van der Waals surface area contributed by atoms with Gasteiger partial charge in [-0.25, -0.2) is 4.39 Å². The van der Waals surface area contributed by atoms with Crippen LogP contribution in [0.15, 0.2) is 23.1 Å². The highest BCUT2D eigenvalue weighted by Gasteiger charge is 2.09. The van der Waals surface area contributed by atoms with Crippen LogP contribution in [-0.2, 0) is 15.5 Å². The van der Waals surface area contributed by atoms with E-state index in [1.807, 2.05) is 13.8 Å². The predicted molar refractivity (Wildman–Crippen MR) is 63.2 cm³/mol. The fraction of sp³-hybridized carbons (Fsp3) is 0.455. The third-order valence-electron chi connectivity index (χ3n) is 1.94. The van der Waals surface area contributed by atoms with Crippen LogP contribution in [0.3, 0.4) is 0 Å². The number of hydrogen-bond donors (Lipinski definition) is 1. The summed E-state index contributed by atoms with van der Waals surface area (Å²) >= 11 is 0. The molecule has 2 N–H and O–H groups in total. The summed E-state index contributed by atoms with van der Waals surface area (Å²) < 4.78 is 30.0. The summed E-state index contributed by atoms with van der Waals surface area (Å²) in [5, 5.41) is 0. The lowest BCUT2D eigenvalue weighted by molar-refractivity contribution is 0.0916. The van der Waals surface area contributed by atoms with Gasteiger partial charge in [0.05, 0.1) is 34.2 Å². The van der Waals surface area contributed by atoms with Crippen molar-refractivity contribution in [1.82, 2.24) is 0 Å². The topological polar surface area (TPSA) is 52.3 Å². The smallest absolute Gasteiger partial charge is 0.124 e. The van der Waals surface area contributed by atoms with Gasteiger partial charge in [-0.1, -0.05) is 0 Å². The number of hydrogen-bond acceptors (Lipinski definition) is 3. The van der Waals surface area contributed by atoms with Crippen LogP contribution in [0.5, 0.6) is 0 Å². The Labute approximate surface area is 97.2 Å². The molecule has 0 spiro atoms. The molecule has 0 aromatic heterocycles. The average molecular weight is 245 g/mol. The number of nitrogen functional groups attached to an aromatic ring is 1. The lowest BCUT2D eigenvalue weighted by Gasteiger charge is -2.08. The van der Waals surface area contributed by atoms with Gasteiger partial charge < -0.3 is 10.5 Å². The molecule has 0 amide bonds.